The molecule has 0 bridgehead atoms. The Kier molecular flexibility index (Phi) is 8.35. The Morgan fingerprint density at radius 1 is 0.862 bits per heavy atom. The van der Waals surface area contributed by atoms with Crippen molar-refractivity contribution >= 4 is 40.0 Å². The number of hydrogen-bond donors (Lipinski definition) is 2. The maximum atomic E-state index is 12.1. The first kappa shape index (κ1) is 22.1. The van der Waals surface area contributed by atoms with Crippen molar-refractivity contribution in [1.29, 1.82) is 0 Å². The lowest BCUT2D eigenvalue weighted by molar-refractivity contribution is -0.114. The normalized spacial score (nSPS) is 11.2. The first-order valence-corrected chi connectivity index (χ1v) is 10.3. The summed E-state index contributed by atoms with van der Waals surface area (Å²) in [6.45, 7) is 1.99. The summed E-state index contributed by atoms with van der Waals surface area (Å²) < 4.78 is 22.0. The van der Waals surface area contributed by atoms with E-state index in [2.05, 4.69) is 10.6 Å². The third kappa shape index (κ3) is 7.38. The van der Waals surface area contributed by atoms with Crippen LogP contribution in [-0.4, -0.2) is 47.2 Å². The average Bonchev–Trinajstić information content (AvgIpc) is 2.69. The Morgan fingerprint density at radius 3 is 1.79 bits per heavy atom. The van der Waals surface area contributed by atoms with E-state index in [-0.39, 0.29) is 18.1 Å². The summed E-state index contributed by atoms with van der Waals surface area (Å²) in [5, 5.41) is 5.19. The molecule has 154 valence electrons. The summed E-state index contributed by atoms with van der Waals surface area (Å²) >= 11 is 0. The smallest absolute Gasteiger partial charge is 0.338 e. The Bertz CT molecular complexity index is 881. The molecule has 8 nitrogen and oxygen atoms in total. The lowest BCUT2D eigenvalue weighted by atomic mass is 10.2. The monoisotopic (exact) mass is 418 g/mol. The highest BCUT2D eigenvalue weighted by Crippen LogP contribution is 2.15. The van der Waals surface area contributed by atoms with E-state index in [4.69, 9.17) is 9.47 Å². The molecule has 0 saturated carbocycles. The summed E-state index contributed by atoms with van der Waals surface area (Å²) in [6.07, 6.45) is 0. The van der Waals surface area contributed by atoms with Gasteiger partial charge in [0, 0.05) is 22.2 Å². The minimum absolute atomic E-state index is 0.273. The Balaban J connectivity index is 1.79. The summed E-state index contributed by atoms with van der Waals surface area (Å²) in [4.78, 5) is 35.6. The topological polar surface area (TPSA) is 111 Å². The first-order chi connectivity index (χ1) is 13.9. The predicted molar refractivity (Wildman–Crippen MR) is 111 cm³/mol. The van der Waals surface area contributed by atoms with Gasteiger partial charge in [-0.15, -0.1) is 0 Å². The zero-order chi connectivity index (χ0) is 21.2. The summed E-state index contributed by atoms with van der Waals surface area (Å²) in [5.41, 5.74) is 1.35. The molecule has 0 radical (unpaired) electrons. The number of nitrogens with one attached hydrogen (secondary N) is 2. The number of anilines is 2. The van der Waals surface area contributed by atoms with E-state index in [0.29, 0.717) is 22.7 Å². The van der Waals surface area contributed by atoms with Gasteiger partial charge in [0.2, 0.25) is 11.8 Å². The molecule has 0 aliphatic rings. The van der Waals surface area contributed by atoms with Crippen LogP contribution in [0.2, 0.25) is 0 Å². The van der Waals surface area contributed by atoms with Crippen LogP contribution in [0.5, 0.6) is 5.75 Å². The molecule has 2 rings (SSSR count). The minimum atomic E-state index is -1.67. The second-order valence-electron chi connectivity index (χ2n) is 5.85. The van der Waals surface area contributed by atoms with Crippen molar-refractivity contribution in [3.8, 4) is 5.75 Å². The third-order valence-corrected chi connectivity index (χ3v) is 4.81. The maximum absolute atomic E-state index is 12.1. The van der Waals surface area contributed by atoms with Crippen molar-refractivity contribution in [2.24, 2.45) is 0 Å². The van der Waals surface area contributed by atoms with Gasteiger partial charge in [-0.1, -0.05) is 0 Å². The lowest BCUT2D eigenvalue weighted by Gasteiger charge is -2.08. The molecule has 0 spiro atoms. The molecule has 2 aromatic carbocycles. The van der Waals surface area contributed by atoms with Crippen LogP contribution in [0.25, 0.3) is 0 Å². The highest BCUT2D eigenvalue weighted by Gasteiger charge is 2.13. The van der Waals surface area contributed by atoms with Crippen LogP contribution < -0.4 is 15.4 Å². The standard InChI is InChI=1S/C20H22N2O6S/c1-3-28-20(25)14-4-6-15(7-5-14)21-18(23)12-29(26)13-19(24)22-16-8-10-17(27-2)11-9-16/h4-11H,3,12-13H2,1-2H3,(H,21,23)(H,22,24)/t29-/m1/s1. The molecule has 0 fully saturated rings. The van der Waals surface area contributed by atoms with E-state index in [1.807, 2.05) is 0 Å². The maximum Gasteiger partial charge on any atom is 0.338 e. The number of rotatable bonds is 9. The van der Waals surface area contributed by atoms with Gasteiger partial charge in [-0.25, -0.2) is 4.79 Å². The summed E-state index contributed by atoms with van der Waals surface area (Å²) in [5.74, 6) is -1.38. The molecule has 0 heterocycles. The fourth-order valence-corrected chi connectivity index (χ4v) is 3.15. The first-order valence-electron chi connectivity index (χ1n) is 8.77. The second-order valence-corrected chi connectivity index (χ2v) is 7.31. The Hall–Kier alpha value is -3.20. The van der Waals surface area contributed by atoms with Crippen LogP contribution >= 0.6 is 0 Å². The van der Waals surface area contributed by atoms with Crippen molar-refractivity contribution in [1.82, 2.24) is 0 Å². The SMILES string of the molecule is CCOC(=O)c1ccc(NC(=O)C[S@@](=O)CC(=O)Nc2ccc(OC)cc2)cc1. The molecule has 2 N–H and O–H groups in total. The fourth-order valence-electron chi connectivity index (χ4n) is 2.32. The molecule has 2 aromatic rings. The van der Waals surface area contributed by atoms with Gasteiger partial charge in [0.15, 0.2) is 0 Å². The van der Waals surface area contributed by atoms with Crippen molar-refractivity contribution in [3.63, 3.8) is 0 Å². The van der Waals surface area contributed by atoms with Crippen molar-refractivity contribution in [2.45, 2.75) is 6.92 Å². The van der Waals surface area contributed by atoms with Crippen LogP contribution in [0.3, 0.4) is 0 Å². The Morgan fingerprint density at radius 2 is 1.34 bits per heavy atom. The number of ether oxygens (including phenoxy) is 2. The molecule has 9 heteroatoms. The molecule has 0 aliphatic carbocycles. The van der Waals surface area contributed by atoms with Crippen LogP contribution in [-0.2, 0) is 25.1 Å². The molecule has 1 atom stereocenters. The lowest BCUT2D eigenvalue weighted by Crippen LogP contribution is -2.26. The van der Waals surface area contributed by atoms with E-state index in [1.165, 1.54) is 19.2 Å². The number of carbonyl (C=O) groups excluding carboxylic acids is 3. The van der Waals surface area contributed by atoms with Gasteiger partial charge in [0.25, 0.3) is 0 Å². The molecule has 2 amide bonds. The van der Waals surface area contributed by atoms with E-state index in [1.54, 1.807) is 43.3 Å². The predicted octanol–water partition coefficient (Wildman–Crippen LogP) is 2.20. The number of hydrogen-bond acceptors (Lipinski definition) is 6. The van der Waals surface area contributed by atoms with E-state index < -0.39 is 28.6 Å². The molecule has 0 unspecified atom stereocenters. The van der Waals surface area contributed by atoms with Crippen LogP contribution in [0.15, 0.2) is 48.5 Å². The van der Waals surface area contributed by atoms with Gasteiger partial charge in [-0.05, 0) is 55.5 Å². The number of carbonyl (C=O) groups is 3. The largest absolute Gasteiger partial charge is 0.497 e. The molecule has 0 aliphatic heterocycles. The van der Waals surface area contributed by atoms with E-state index in [9.17, 15) is 18.6 Å². The quantitative estimate of drug-likeness (QED) is 0.604. The molecule has 0 saturated heterocycles. The van der Waals surface area contributed by atoms with Gasteiger partial charge in [-0.3, -0.25) is 13.8 Å². The average molecular weight is 418 g/mol. The molecule has 0 aromatic heterocycles. The van der Waals surface area contributed by atoms with Gasteiger partial charge < -0.3 is 20.1 Å². The van der Waals surface area contributed by atoms with Crippen LogP contribution in [0, 0.1) is 0 Å². The number of benzene rings is 2. The van der Waals surface area contributed by atoms with Crippen LogP contribution in [0.1, 0.15) is 17.3 Å². The summed E-state index contributed by atoms with van der Waals surface area (Å²) in [7, 11) is -0.133. The Labute approximate surface area is 171 Å². The van der Waals surface area contributed by atoms with Crippen molar-refractivity contribution < 1.29 is 28.1 Å². The van der Waals surface area contributed by atoms with Crippen molar-refractivity contribution in [3.05, 3.63) is 54.1 Å². The number of amides is 2. The van der Waals surface area contributed by atoms with E-state index in [0.717, 1.165) is 0 Å². The minimum Gasteiger partial charge on any atom is -0.497 e. The molecular weight excluding hydrogens is 396 g/mol. The zero-order valence-electron chi connectivity index (χ0n) is 16.1. The number of esters is 1. The highest BCUT2D eigenvalue weighted by molar-refractivity contribution is 7.86. The molecular formula is C20H22N2O6S. The van der Waals surface area contributed by atoms with Gasteiger partial charge in [0.05, 0.1) is 19.3 Å². The molecule has 29 heavy (non-hydrogen) atoms. The number of methoxy groups -OCH3 is 1. The summed E-state index contributed by atoms with van der Waals surface area (Å²) in [6, 6.07) is 12.8. The van der Waals surface area contributed by atoms with Gasteiger partial charge in [0.1, 0.15) is 17.3 Å². The highest BCUT2D eigenvalue weighted by atomic mass is 32.2. The third-order valence-electron chi connectivity index (χ3n) is 3.64. The second kappa shape index (κ2) is 11.0. The van der Waals surface area contributed by atoms with Gasteiger partial charge in [-0.2, -0.15) is 0 Å². The zero-order valence-corrected chi connectivity index (χ0v) is 16.9. The van der Waals surface area contributed by atoms with Crippen LogP contribution in [0.4, 0.5) is 11.4 Å². The fraction of sp³-hybridized carbons (Fsp3) is 0.250. The van der Waals surface area contributed by atoms with Crippen molar-refractivity contribution in [2.75, 3.05) is 35.9 Å². The van der Waals surface area contributed by atoms with E-state index >= 15 is 0 Å². The van der Waals surface area contributed by atoms with Gasteiger partial charge >= 0.3 is 5.97 Å².